The molecule has 1 unspecified atom stereocenters. The van der Waals surface area contributed by atoms with Gasteiger partial charge in [0.2, 0.25) is 5.95 Å². The van der Waals surface area contributed by atoms with Crippen LogP contribution in [0.1, 0.15) is 63.5 Å². The molecular formula is C19H32N4. The summed E-state index contributed by atoms with van der Waals surface area (Å²) < 4.78 is 0. The van der Waals surface area contributed by atoms with Crippen LogP contribution in [0, 0.1) is 5.92 Å². The normalized spacial score (nSPS) is 22.0. The van der Waals surface area contributed by atoms with Gasteiger partial charge in [-0.3, -0.25) is 0 Å². The van der Waals surface area contributed by atoms with E-state index in [1.165, 1.54) is 37.8 Å². The minimum atomic E-state index is 0.577. The van der Waals surface area contributed by atoms with Crippen molar-refractivity contribution in [2.24, 2.45) is 5.92 Å². The maximum absolute atomic E-state index is 4.73. The number of nitrogens with zero attached hydrogens (tertiary/aromatic N) is 2. The average molecular weight is 316 g/mol. The molecule has 3 atom stereocenters. The van der Waals surface area contributed by atoms with Crippen LogP contribution in [0.3, 0.4) is 0 Å². The van der Waals surface area contributed by atoms with E-state index in [0.29, 0.717) is 12.0 Å². The summed E-state index contributed by atoms with van der Waals surface area (Å²) >= 11 is 0. The standard InChI is InChI=1S/C19H32N4/c1-4-7-15(5-2)8-6-12-21-19-22-13-11-18(23-19)16-9-10-17(14-16)20-3/h4,11,13,15-17,20H,1,5-10,12,14H2,2-3H3,(H,21,22,23)/t15-,16?,17-/m1/s1. The molecule has 0 radical (unpaired) electrons. The van der Waals surface area contributed by atoms with Gasteiger partial charge >= 0.3 is 0 Å². The number of rotatable bonds is 10. The van der Waals surface area contributed by atoms with E-state index in [0.717, 1.165) is 31.3 Å². The Kier molecular flexibility index (Phi) is 7.53. The molecule has 0 saturated heterocycles. The molecule has 128 valence electrons. The summed E-state index contributed by atoms with van der Waals surface area (Å²) in [6, 6.07) is 2.72. The summed E-state index contributed by atoms with van der Waals surface area (Å²) in [6.45, 7) is 7.05. The molecule has 0 spiro atoms. The molecule has 0 aliphatic heterocycles. The molecule has 1 aliphatic carbocycles. The summed E-state index contributed by atoms with van der Waals surface area (Å²) in [7, 11) is 2.05. The van der Waals surface area contributed by atoms with E-state index in [-0.39, 0.29) is 0 Å². The fourth-order valence-corrected chi connectivity index (χ4v) is 3.51. The lowest BCUT2D eigenvalue weighted by molar-refractivity contribution is 0.466. The SMILES string of the molecule is C=CC[C@@H](CC)CCCNc1nccc(C2CC[C@@H](NC)C2)n1. The van der Waals surface area contributed by atoms with Crippen LogP contribution in [0.2, 0.25) is 0 Å². The van der Waals surface area contributed by atoms with Crippen LogP contribution in [0.15, 0.2) is 24.9 Å². The van der Waals surface area contributed by atoms with E-state index in [9.17, 15) is 0 Å². The van der Waals surface area contributed by atoms with Crippen molar-refractivity contribution in [2.45, 2.75) is 63.8 Å². The predicted octanol–water partition coefficient (Wildman–Crippen LogP) is 4.13. The van der Waals surface area contributed by atoms with Gasteiger partial charge in [-0.05, 0) is 57.6 Å². The van der Waals surface area contributed by atoms with E-state index in [1.807, 2.05) is 12.3 Å². The van der Waals surface area contributed by atoms with Crippen LogP contribution in [-0.2, 0) is 0 Å². The van der Waals surface area contributed by atoms with Gasteiger partial charge in [-0.15, -0.1) is 6.58 Å². The van der Waals surface area contributed by atoms with E-state index >= 15 is 0 Å². The molecule has 4 nitrogen and oxygen atoms in total. The second-order valence-corrected chi connectivity index (χ2v) is 6.67. The number of aromatic nitrogens is 2. The summed E-state index contributed by atoms with van der Waals surface area (Å²) in [4.78, 5) is 9.10. The quantitative estimate of drug-likeness (QED) is 0.503. The number of hydrogen-bond donors (Lipinski definition) is 2. The highest BCUT2D eigenvalue weighted by Gasteiger charge is 2.25. The van der Waals surface area contributed by atoms with Crippen molar-refractivity contribution in [1.82, 2.24) is 15.3 Å². The predicted molar refractivity (Wildman–Crippen MR) is 97.8 cm³/mol. The fourth-order valence-electron chi connectivity index (χ4n) is 3.51. The van der Waals surface area contributed by atoms with Crippen molar-refractivity contribution in [1.29, 1.82) is 0 Å². The highest BCUT2D eigenvalue weighted by atomic mass is 15.1. The van der Waals surface area contributed by atoms with Crippen LogP contribution < -0.4 is 10.6 Å². The third kappa shape index (κ3) is 5.61. The minimum Gasteiger partial charge on any atom is -0.354 e. The Balaban J connectivity index is 1.78. The zero-order valence-electron chi connectivity index (χ0n) is 14.7. The van der Waals surface area contributed by atoms with Crippen molar-refractivity contribution in [3.8, 4) is 0 Å². The van der Waals surface area contributed by atoms with Gasteiger partial charge in [-0.2, -0.15) is 0 Å². The second kappa shape index (κ2) is 9.66. The highest BCUT2D eigenvalue weighted by molar-refractivity contribution is 5.26. The van der Waals surface area contributed by atoms with Gasteiger partial charge in [-0.25, -0.2) is 9.97 Å². The summed E-state index contributed by atoms with van der Waals surface area (Å²) in [6.07, 6.45) is 12.3. The Morgan fingerprint density at radius 1 is 1.43 bits per heavy atom. The Bertz CT molecular complexity index is 474. The lowest BCUT2D eigenvalue weighted by atomic mass is 9.97. The van der Waals surface area contributed by atoms with Gasteiger partial charge in [-0.1, -0.05) is 19.4 Å². The molecular weight excluding hydrogens is 284 g/mol. The van der Waals surface area contributed by atoms with Gasteiger partial charge in [0, 0.05) is 30.4 Å². The zero-order chi connectivity index (χ0) is 16.5. The Morgan fingerprint density at radius 3 is 3.00 bits per heavy atom. The Labute approximate surface area is 141 Å². The molecule has 1 aromatic rings. The van der Waals surface area contributed by atoms with Crippen LogP contribution in [0.5, 0.6) is 0 Å². The van der Waals surface area contributed by atoms with Gasteiger partial charge < -0.3 is 10.6 Å². The molecule has 0 bridgehead atoms. The third-order valence-corrected chi connectivity index (χ3v) is 5.09. The Morgan fingerprint density at radius 2 is 2.30 bits per heavy atom. The van der Waals surface area contributed by atoms with Gasteiger partial charge in [0.25, 0.3) is 0 Å². The summed E-state index contributed by atoms with van der Waals surface area (Å²) in [5.41, 5.74) is 1.19. The van der Waals surface area contributed by atoms with Crippen molar-refractivity contribution in [3.63, 3.8) is 0 Å². The number of hydrogen-bond acceptors (Lipinski definition) is 4. The Hall–Kier alpha value is -1.42. The van der Waals surface area contributed by atoms with Gasteiger partial charge in [0.15, 0.2) is 0 Å². The molecule has 1 heterocycles. The van der Waals surface area contributed by atoms with E-state index in [4.69, 9.17) is 4.98 Å². The van der Waals surface area contributed by atoms with Crippen molar-refractivity contribution in [2.75, 3.05) is 18.9 Å². The van der Waals surface area contributed by atoms with Gasteiger partial charge in [0.1, 0.15) is 0 Å². The van der Waals surface area contributed by atoms with E-state index in [2.05, 4.69) is 42.2 Å². The second-order valence-electron chi connectivity index (χ2n) is 6.67. The average Bonchev–Trinajstić information content (AvgIpc) is 3.07. The molecule has 23 heavy (non-hydrogen) atoms. The number of allylic oxidation sites excluding steroid dienone is 1. The highest BCUT2D eigenvalue weighted by Crippen LogP contribution is 2.33. The largest absolute Gasteiger partial charge is 0.354 e. The van der Waals surface area contributed by atoms with Crippen LogP contribution in [-0.4, -0.2) is 29.6 Å². The molecule has 2 rings (SSSR count). The molecule has 0 amide bonds. The minimum absolute atomic E-state index is 0.577. The first-order valence-electron chi connectivity index (χ1n) is 9.11. The monoisotopic (exact) mass is 316 g/mol. The first kappa shape index (κ1) is 17.9. The first-order chi connectivity index (χ1) is 11.3. The van der Waals surface area contributed by atoms with E-state index < -0.39 is 0 Å². The van der Waals surface area contributed by atoms with Crippen molar-refractivity contribution in [3.05, 3.63) is 30.6 Å². The van der Waals surface area contributed by atoms with Crippen LogP contribution in [0.25, 0.3) is 0 Å². The third-order valence-electron chi connectivity index (χ3n) is 5.09. The van der Waals surface area contributed by atoms with Gasteiger partial charge in [0.05, 0.1) is 0 Å². The van der Waals surface area contributed by atoms with Crippen molar-refractivity contribution >= 4 is 5.95 Å². The smallest absolute Gasteiger partial charge is 0.222 e. The summed E-state index contributed by atoms with van der Waals surface area (Å²) in [5.74, 6) is 2.12. The topological polar surface area (TPSA) is 49.8 Å². The van der Waals surface area contributed by atoms with Crippen LogP contribution >= 0.6 is 0 Å². The van der Waals surface area contributed by atoms with Crippen LogP contribution in [0.4, 0.5) is 5.95 Å². The molecule has 1 aromatic heterocycles. The zero-order valence-corrected chi connectivity index (χ0v) is 14.7. The first-order valence-corrected chi connectivity index (χ1v) is 9.11. The lowest BCUT2D eigenvalue weighted by Gasteiger charge is -2.13. The maximum atomic E-state index is 4.73. The molecule has 4 heteroatoms. The summed E-state index contributed by atoms with van der Waals surface area (Å²) in [5, 5.41) is 6.77. The molecule has 1 fully saturated rings. The van der Waals surface area contributed by atoms with Crippen molar-refractivity contribution < 1.29 is 0 Å². The molecule has 2 N–H and O–H groups in total. The lowest BCUT2D eigenvalue weighted by Crippen LogP contribution is -2.21. The number of nitrogens with one attached hydrogen (secondary N) is 2. The van der Waals surface area contributed by atoms with E-state index in [1.54, 1.807) is 0 Å². The molecule has 1 saturated carbocycles. The number of anilines is 1. The molecule has 0 aromatic carbocycles. The fraction of sp³-hybridized carbons (Fsp3) is 0.684. The molecule has 1 aliphatic rings. The maximum Gasteiger partial charge on any atom is 0.222 e.